The van der Waals surface area contributed by atoms with Crippen LogP contribution < -0.4 is 9.47 Å². The molecule has 0 N–H and O–H groups in total. The molecule has 3 aromatic carbocycles. The maximum atomic E-state index is 6.23. The summed E-state index contributed by atoms with van der Waals surface area (Å²) in [5, 5.41) is 0. The largest absolute Gasteiger partial charge is 0.497 e. The Bertz CT molecular complexity index is 1050. The first-order valence-electron chi connectivity index (χ1n) is 11.5. The summed E-state index contributed by atoms with van der Waals surface area (Å²) in [7, 11) is 1.69. The molecule has 3 nitrogen and oxygen atoms in total. The second-order valence-corrected chi connectivity index (χ2v) is 8.89. The Hall–Kier alpha value is -2.56. The fraction of sp³-hybridized carbons (Fsp3) is 0.310. The van der Waals surface area contributed by atoms with E-state index in [-0.39, 0.29) is 0 Å². The average Bonchev–Trinajstić information content (AvgIpc) is 2.84. The summed E-state index contributed by atoms with van der Waals surface area (Å²) in [6.45, 7) is 12.4. The Labute approximate surface area is 207 Å². The van der Waals surface area contributed by atoms with Gasteiger partial charge in [-0.2, -0.15) is 0 Å². The molecule has 0 saturated carbocycles. The maximum Gasteiger partial charge on any atom is 0.125 e. The first-order chi connectivity index (χ1) is 16.0. The lowest BCUT2D eigenvalue weighted by Gasteiger charge is -2.20. The number of ether oxygens (including phenoxy) is 2. The van der Waals surface area contributed by atoms with E-state index in [1.807, 2.05) is 18.2 Å². The van der Waals surface area contributed by atoms with Gasteiger partial charge in [-0.15, -0.1) is 0 Å². The van der Waals surface area contributed by atoms with Crippen LogP contribution in [0.25, 0.3) is 10.1 Å². The number of halogens is 1. The zero-order chi connectivity index (χ0) is 23.8. The summed E-state index contributed by atoms with van der Waals surface area (Å²) in [5.74, 6) is 1.83. The summed E-state index contributed by atoms with van der Waals surface area (Å²) < 4.78 is 12.6. The topological polar surface area (TPSA) is 21.7 Å². The lowest BCUT2D eigenvalue weighted by atomic mass is 9.93. The fourth-order valence-corrected chi connectivity index (χ4v) is 4.77. The molecular formula is C29H34BrNO2. The van der Waals surface area contributed by atoms with E-state index in [0.29, 0.717) is 6.61 Å². The SMILES string of the molecule is CCN(CC)CCOc1c(C)cc(/C(=C(\Br)c2ccc(OC)cc2)c2ccccc2)cc1C. The van der Waals surface area contributed by atoms with Gasteiger partial charge < -0.3 is 14.4 Å². The van der Waals surface area contributed by atoms with Crippen LogP contribution in [-0.2, 0) is 0 Å². The molecule has 0 saturated heterocycles. The molecule has 0 atom stereocenters. The van der Waals surface area contributed by atoms with Crippen molar-refractivity contribution in [1.29, 1.82) is 0 Å². The molecular weight excluding hydrogens is 474 g/mol. The van der Waals surface area contributed by atoms with Gasteiger partial charge in [0.15, 0.2) is 0 Å². The van der Waals surface area contributed by atoms with Crippen molar-refractivity contribution in [3.63, 3.8) is 0 Å². The lowest BCUT2D eigenvalue weighted by Crippen LogP contribution is -2.28. The minimum atomic E-state index is 0.694. The molecule has 3 aromatic rings. The number of hydrogen-bond donors (Lipinski definition) is 0. The molecule has 0 radical (unpaired) electrons. The highest BCUT2D eigenvalue weighted by molar-refractivity contribution is 9.15. The highest BCUT2D eigenvalue weighted by atomic mass is 79.9. The fourth-order valence-electron chi connectivity index (χ4n) is 4.05. The van der Waals surface area contributed by atoms with Gasteiger partial charge in [-0.3, -0.25) is 0 Å². The van der Waals surface area contributed by atoms with Crippen LogP contribution in [0, 0.1) is 13.8 Å². The summed E-state index contributed by atoms with van der Waals surface area (Å²) in [5.41, 5.74) is 6.87. The van der Waals surface area contributed by atoms with Gasteiger partial charge in [0.25, 0.3) is 0 Å². The molecule has 0 aromatic heterocycles. The minimum absolute atomic E-state index is 0.694. The van der Waals surface area contributed by atoms with Crippen LogP contribution in [0.1, 0.15) is 41.7 Å². The molecule has 0 bridgehead atoms. The van der Waals surface area contributed by atoms with E-state index in [1.54, 1.807) is 7.11 Å². The number of aryl methyl sites for hydroxylation is 2. The number of methoxy groups -OCH3 is 1. The van der Waals surface area contributed by atoms with Crippen molar-refractivity contribution in [2.45, 2.75) is 27.7 Å². The highest BCUT2D eigenvalue weighted by Crippen LogP contribution is 2.39. The Morgan fingerprint density at radius 2 is 1.42 bits per heavy atom. The smallest absolute Gasteiger partial charge is 0.125 e. The maximum absolute atomic E-state index is 6.23. The van der Waals surface area contributed by atoms with E-state index in [4.69, 9.17) is 9.47 Å². The van der Waals surface area contributed by atoms with Crippen molar-refractivity contribution in [3.05, 3.63) is 94.5 Å². The highest BCUT2D eigenvalue weighted by Gasteiger charge is 2.16. The third kappa shape index (κ3) is 6.27. The van der Waals surface area contributed by atoms with Crippen LogP contribution >= 0.6 is 15.9 Å². The third-order valence-corrected chi connectivity index (χ3v) is 6.78. The van der Waals surface area contributed by atoms with Gasteiger partial charge in [-0.1, -0.05) is 56.3 Å². The van der Waals surface area contributed by atoms with Gasteiger partial charge in [0.2, 0.25) is 0 Å². The monoisotopic (exact) mass is 507 g/mol. The minimum Gasteiger partial charge on any atom is -0.497 e. The molecule has 0 unspecified atom stereocenters. The van der Waals surface area contributed by atoms with Crippen LogP contribution in [0.3, 0.4) is 0 Å². The molecule has 0 fully saturated rings. The standard InChI is InChI=1S/C29H34BrNO2/c1-6-31(7-2)17-18-33-29-21(3)19-25(20-22(29)4)27(23-11-9-8-10-12-23)28(30)24-13-15-26(32-5)16-14-24/h8-16,19-20H,6-7,17-18H2,1-5H3/b28-27-. The molecule has 174 valence electrons. The van der Waals surface area contributed by atoms with Crippen molar-refractivity contribution in [2.75, 3.05) is 33.4 Å². The first-order valence-corrected chi connectivity index (χ1v) is 12.3. The van der Waals surface area contributed by atoms with Gasteiger partial charge in [0.1, 0.15) is 18.1 Å². The van der Waals surface area contributed by atoms with Crippen molar-refractivity contribution >= 4 is 26.0 Å². The van der Waals surface area contributed by atoms with E-state index < -0.39 is 0 Å². The van der Waals surface area contributed by atoms with Crippen LogP contribution in [0.2, 0.25) is 0 Å². The predicted molar refractivity (Wildman–Crippen MR) is 143 cm³/mol. The van der Waals surface area contributed by atoms with Crippen LogP contribution in [0.5, 0.6) is 11.5 Å². The number of hydrogen-bond acceptors (Lipinski definition) is 3. The van der Waals surface area contributed by atoms with Crippen molar-refractivity contribution in [1.82, 2.24) is 4.90 Å². The van der Waals surface area contributed by atoms with E-state index in [0.717, 1.165) is 69.0 Å². The molecule has 0 heterocycles. The molecule has 33 heavy (non-hydrogen) atoms. The molecule has 0 aliphatic carbocycles. The van der Waals surface area contributed by atoms with Crippen molar-refractivity contribution < 1.29 is 9.47 Å². The number of rotatable bonds is 10. The Morgan fingerprint density at radius 3 is 1.97 bits per heavy atom. The molecule has 0 amide bonds. The number of likely N-dealkylation sites (N-methyl/N-ethyl adjacent to an activating group) is 1. The van der Waals surface area contributed by atoms with E-state index in [2.05, 4.69) is 97.1 Å². The van der Waals surface area contributed by atoms with Gasteiger partial charge in [-0.05, 0) is 94.9 Å². The average molecular weight is 509 g/mol. The van der Waals surface area contributed by atoms with Gasteiger partial charge in [-0.25, -0.2) is 0 Å². The summed E-state index contributed by atoms with van der Waals surface area (Å²) in [6.07, 6.45) is 0. The Balaban J connectivity index is 2.01. The molecule has 0 aliphatic rings. The third-order valence-electron chi connectivity index (χ3n) is 5.92. The number of benzene rings is 3. The molecule has 4 heteroatoms. The molecule has 0 spiro atoms. The van der Waals surface area contributed by atoms with Crippen molar-refractivity contribution in [2.24, 2.45) is 0 Å². The Kier molecular flexibility index (Phi) is 9.16. The lowest BCUT2D eigenvalue weighted by molar-refractivity contribution is 0.221. The van der Waals surface area contributed by atoms with Gasteiger partial charge in [0, 0.05) is 16.6 Å². The van der Waals surface area contributed by atoms with Crippen LogP contribution in [0.4, 0.5) is 0 Å². The number of nitrogens with zero attached hydrogens (tertiary/aromatic N) is 1. The van der Waals surface area contributed by atoms with Crippen LogP contribution in [0.15, 0.2) is 66.7 Å². The summed E-state index contributed by atoms with van der Waals surface area (Å²) in [4.78, 5) is 2.38. The second kappa shape index (κ2) is 12.1. The normalized spacial score (nSPS) is 12.0. The second-order valence-electron chi connectivity index (χ2n) is 8.10. The Morgan fingerprint density at radius 1 is 0.818 bits per heavy atom. The van der Waals surface area contributed by atoms with E-state index in [9.17, 15) is 0 Å². The zero-order valence-electron chi connectivity index (χ0n) is 20.3. The molecule has 3 rings (SSSR count). The zero-order valence-corrected chi connectivity index (χ0v) is 21.9. The van der Waals surface area contributed by atoms with Gasteiger partial charge >= 0.3 is 0 Å². The summed E-state index contributed by atoms with van der Waals surface area (Å²) >= 11 is 3.92. The molecule has 0 aliphatic heterocycles. The van der Waals surface area contributed by atoms with Gasteiger partial charge in [0.05, 0.1) is 7.11 Å². The van der Waals surface area contributed by atoms with Crippen molar-refractivity contribution in [3.8, 4) is 11.5 Å². The first kappa shape index (κ1) is 25.1. The van der Waals surface area contributed by atoms with E-state index >= 15 is 0 Å². The summed E-state index contributed by atoms with van der Waals surface area (Å²) in [6, 6.07) is 23.1. The van der Waals surface area contributed by atoms with Crippen LogP contribution in [-0.4, -0.2) is 38.3 Å². The predicted octanol–water partition coefficient (Wildman–Crippen LogP) is 7.34. The van der Waals surface area contributed by atoms with E-state index in [1.165, 1.54) is 0 Å². The quantitative estimate of drug-likeness (QED) is 0.268.